The molecule has 1 fully saturated rings. The number of nitro benzene ring substituents is 1. The third kappa shape index (κ3) is 5.33. The third-order valence-corrected chi connectivity index (χ3v) is 3.96. The van der Waals surface area contributed by atoms with E-state index in [1.165, 1.54) is 19.2 Å². The molecule has 1 heterocycles. The van der Waals surface area contributed by atoms with E-state index in [0.29, 0.717) is 11.8 Å². The number of carbonyl (C=O) groups excluding carboxylic acids is 1. The maximum absolute atomic E-state index is 12.2. The number of anilines is 1. The molecular weight excluding hydrogens is 336 g/mol. The van der Waals surface area contributed by atoms with E-state index in [4.69, 9.17) is 4.74 Å². The summed E-state index contributed by atoms with van der Waals surface area (Å²) in [5.41, 5.74) is 0.00687. The molecule has 1 aromatic carbocycles. The summed E-state index contributed by atoms with van der Waals surface area (Å²) in [6.07, 6.45) is 2.13. The van der Waals surface area contributed by atoms with E-state index in [1.54, 1.807) is 6.07 Å². The average Bonchev–Trinajstić information content (AvgIpc) is 2.55. The lowest BCUT2D eigenvalue weighted by Gasteiger charge is -2.31. The lowest BCUT2D eigenvalue weighted by Crippen LogP contribution is -2.46. The van der Waals surface area contributed by atoms with Crippen LogP contribution in [-0.4, -0.2) is 55.6 Å². The van der Waals surface area contributed by atoms with Crippen molar-refractivity contribution in [3.63, 3.8) is 0 Å². The monoisotopic (exact) mass is 358 g/mol. The van der Waals surface area contributed by atoms with Gasteiger partial charge in [-0.05, 0) is 38.6 Å². The third-order valence-electron chi connectivity index (χ3n) is 3.96. The zero-order chi connectivity index (χ0) is 16.8. The zero-order valence-electron chi connectivity index (χ0n) is 13.8. The number of likely N-dealkylation sites (N-methyl/N-ethyl adjacent to an activating group) is 1. The van der Waals surface area contributed by atoms with Gasteiger partial charge in [0.1, 0.15) is 11.4 Å². The smallest absolute Gasteiger partial charge is 0.296 e. The van der Waals surface area contributed by atoms with Gasteiger partial charge in [0.05, 0.1) is 24.6 Å². The fraction of sp³-hybridized carbons (Fsp3) is 0.533. The van der Waals surface area contributed by atoms with E-state index in [1.807, 2.05) is 7.05 Å². The lowest BCUT2D eigenvalue weighted by atomic mass is 10.1. The first-order valence-electron chi connectivity index (χ1n) is 7.55. The Morgan fingerprint density at radius 1 is 1.50 bits per heavy atom. The molecule has 1 unspecified atom stereocenters. The number of likely N-dealkylation sites (tertiary alicyclic amines) is 1. The minimum atomic E-state index is -0.532. The largest absolute Gasteiger partial charge is 0.496 e. The molecule has 8 nitrogen and oxygen atoms in total. The maximum Gasteiger partial charge on any atom is 0.296 e. The number of benzene rings is 1. The van der Waals surface area contributed by atoms with Gasteiger partial charge in [-0.25, -0.2) is 0 Å². The molecule has 0 spiro atoms. The van der Waals surface area contributed by atoms with Crippen LogP contribution in [0, 0.1) is 10.1 Å². The summed E-state index contributed by atoms with van der Waals surface area (Å²) in [5, 5.41) is 17.0. The molecule has 0 saturated carbocycles. The molecule has 1 amide bonds. The number of ether oxygens (including phenoxy) is 1. The molecule has 0 aromatic heterocycles. The first-order valence-corrected chi connectivity index (χ1v) is 7.55. The SMILES string of the molecule is CNC1CCCN(CC(=O)Nc2ccc(OC)cc2[N+](=O)[O-])C1.Cl. The second-order valence-corrected chi connectivity index (χ2v) is 5.55. The molecule has 24 heavy (non-hydrogen) atoms. The summed E-state index contributed by atoms with van der Waals surface area (Å²) in [4.78, 5) is 24.8. The summed E-state index contributed by atoms with van der Waals surface area (Å²) in [5.74, 6) is 0.123. The number of nitrogens with zero attached hydrogens (tertiary/aromatic N) is 2. The van der Waals surface area contributed by atoms with Crippen molar-refractivity contribution in [1.29, 1.82) is 0 Å². The second kappa shape index (κ2) is 9.41. The van der Waals surface area contributed by atoms with E-state index < -0.39 is 4.92 Å². The van der Waals surface area contributed by atoms with Gasteiger partial charge in [-0.3, -0.25) is 19.8 Å². The number of hydrogen-bond acceptors (Lipinski definition) is 6. The van der Waals surface area contributed by atoms with Crippen molar-refractivity contribution in [3.8, 4) is 5.75 Å². The number of nitrogens with one attached hydrogen (secondary N) is 2. The van der Waals surface area contributed by atoms with Crippen molar-refractivity contribution in [3.05, 3.63) is 28.3 Å². The van der Waals surface area contributed by atoms with Crippen LogP contribution in [0.1, 0.15) is 12.8 Å². The highest BCUT2D eigenvalue weighted by Gasteiger charge is 2.22. The number of methoxy groups -OCH3 is 1. The Bertz CT molecular complexity index is 585. The van der Waals surface area contributed by atoms with Crippen molar-refractivity contribution >= 4 is 29.7 Å². The van der Waals surface area contributed by atoms with Crippen LogP contribution < -0.4 is 15.4 Å². The molecule has 1 aromatic rings. The zero-order valence-corrected chi connectivity index (χ0v) is 14.6. The molecule has 0 radical (unpaired) electrons. The van der Waals surface area contributed by atoms with Crippen LogP contribution in [0.25, 0.3) is 0 Å². The average molecular weight is 359 g/mol. The topological polar surface area (TPSA) is 96.7 Å². The minimum absolute atomic E-state index is 0. The number of carbonyl (C=O) groups is 1. The van der Waals surface area contributed by atoms with Gasteiger partial charge in [0.2, 0.25) is 5.91 Å². The maximum atomic E-state index is 12.2. The Kier molecular flexibility index (Phi) is 7.90. The standard InChI is InChI=1S/C15H22N4O4.ClH/c1-16-11-4-3-7-18(9-11)10-15(20)17-13-6-5-12(23-2)8-14(13)19(21)22;/h5-6,8,11,16H,3-4,7,9-10H2,1-2H3,(H,17,20);1H. The first kappa shape index (κ1) is 20.1. The number of nitro groups is 1. The van der Waals surface area contributed by atoms with Gasteiger partial charge >= 0.3 is 0 Å². The summed E-state index contributed by atoms with van der Waals surface area (Å²) >= 11 is 0. The fourth-order valence-corrected chi connectivity index (χ4v) is 2.72. The minimum Gasteiger partial charge on any atom is -0.496 e. The van der Waals surface area contributed by atoms with Crippen LogP contribution >= 0.6 is 12.4 Å². The van der Waals surface area contributed by atoms with E-state index in [9.17, 15) is 14.9 Å². The van der Waals surface area contributed by atoms with Crippen molar-refractivity contribution < 1.29 is 14.5 Å². The summed E-state index contributed by atoms with van der Waals surface area (Å²) in [7, 11) is 3.35. The molecule has 1 aliphatic heterocycles. The number of piperidine rings is 1. The Morgan fingerprint density at radius 2 is 2.25 bits per heavy atom. The highest BCUT2D eigenvalue weighted by Crippen LogP contribution is 2.28. The predicted molar refractivity (Wildman–Crippen MR) is 94.0 cm³/mol. The summed E-state index contributed by atoms with van der Waals surface area (Å²) < 4.78 is 4.98. The van der Waals surface area contributed by atoms with Gasteiger partial charge in [-0.1, -0.05) is 0 Å². The van der Waals surface area contributed by atoms with Gasteiger partial charge < -0.3 is 15.4 Å². The van der Waals surface area contributed by atoms with Gasteiger partial charge in [0.15, 0.2) is 0 Å². The fourth-order valence-electron chi connectivity index (χ4n) is 2.72. The van der Waals surface area contributed by atoms with Crippen LogP contribution in [0.4, 0.5) is 11.4 Å². The Hall–Kier alpha value is -1.90. The summed E-state index contributed by atoms with van der Waals surface area (Å²) in [6.45, 7) is 1.88. The van der Waals surface area contributed by atoms with Crippen molar-refractivity contribution in [2.24, 2.45) is 0 Å². The van der Waals surface area contributed by atoms with Crippen LogP contribution in [0.5, 0.6) is 5.75 Å². The second-order valence-electron chi connectivity index (χ2n) is 5.55. The van der Waals surface area contributed by atoms with Crippen LogP contribution in [0.3, 0.4) is 0 Å². The van der Waals surface area contributed by atoms with Gasteiger partial charge in [0.25, 0.3) is 5.69 Å². The lowest BCUT2D eigenvalue weighted by molar-refractivity contribution is -0.384. The predicted octanol–water partition coefficient (Wildman–Crippen LogP) is 1.65. The van der Waals surface area contributed by atoms with Gasteiger partial charge in [-0.2, -0.15) is 0 Å². The molecule has 1 saturated heterocycles. The first-order chi connectivity index (χ1) is 11.0. The van der Waals surface area contributed by atoms with E-state index in [0.717, 1.165) is 25.9 Å². The summed E-state index contributed by atoms with van der Waals surface area (Å²) in [6, 6.07) is 4.75. The van der Waals surface area contributed by atoms with Crippen LogP contribution in [0.15, 0.2) is 18.2 Å². The molecular formula is C15H23ClN4O4. The molecule has 2 N–H and O–H groups in total. The molecule has 9 heteroatoms. The highest BCUT2D eigenvalue weighted by atomic mass is 35.5. The van der Waals surface area contributed by atoms with Crippen molar-refractivity contribution in [2.45, 2.75) is 18.9 Å². The van der Waals surface area contributed by atoms with Crippen LogP contribution in [-0.2, 0) is 4.79 Å². The molecule has 1 atom stereocenters. The van der Waals surface area contributed by atoms with Crippen molar-refractivity contribution in [1.82, 2.24) is 10.2 Å². The molecule has 134 valence electrons. The van der Waals surface area contributed by atoms with Crippen LogP contribution in [0.2, 0.25) is 0 Å². The van der Waals surface area contributed by atoms with E-state index >= 15 is 0 Å². The van der Waals surface area contributed by atoms with Crippen molar-refractivity contribution in [2.75, 3.05) is 39.1 Å². The normalized spacial score (nSPS) is 17.7. The van der Waals surface area contributed by atoms with E-state index in [2.05, 4.69) is 15.5 Å². The molecule has 0 aliphatic carbocycles. The Labute approximate surface area is 147 Å². The molecule has 1 aliphatic rings. The molecule has 2 rings (SSSR count). The number of amides is 1. The number of halogens is 1. The van der Waals surface area contributed by atoms with Gasteiger partial charge in [-0.15, -0.1) is 12.4 Å². The Balaban J connectivity index is 0.00000288. The van der Waals surface area contributed by atoms with E-state index in [-0.39, 0.29) is 36.2 Å². The number of hydrogen-bond donors (Lipinski definition) is 2. The van der Waals surface area contributed by atoms with Gasteiger partial charge in [0, 0.05) is 12.6 Å². The quantitative estimate of drug-likeness (QED) is 0.593. The molecule has 0 bridgehead atoms. The Morgan fingerprint density at radius 3 is 2.88 bits per heavy atom. The number of rotatable bonds is 6. The highest BCUT2D eigenvalue weighted by molar-refractivity contribution is 5.94.